The van der Waals surface area contributed by atoms with Crippen molar-refractivity contribution < 1.29 is 9.53 Å². The van der Waals surface area contributed by atoms with Crippen LogP contribution >= 0.6 is 0 Å². The fourth-order valence-electron chi connectivity index (χ4n) is 4.44. The summed E-state index contributed by atoms with van der Waals surface area (Å²) in [6.45, 7) is 2.75. The normalized spacial score (nSPS) is 13.7. The van der Waals surface area contributed by atoms with E-state index in [1.54, 1.807) is 17.9 Å². The number of ether oxygens (including phenoxy) is 1. The van der Waals surface area contributed by atoms with Crippen LogP contribution in [0.15, 0.2) is 77.7 Å². The molecule has 0 spiro atoms. The summed E-state index contributed by atoms with van der Waals surface area (Å²) >= 11 is 0. The monoisotopic (exact) mass is 469 g/mol. The van der Waals surface area contributed by atoms with Crippen LogP contribution in [0, 0.1) is 0 Å². The number of piperazine rings is 1. The lowest BCUT2D eigenvalue weighted by molar-refractivity contribution is -0.131. The Bertz CT molecular complexity index is 1380. The Balaban J connectivity index is 1.33. The first-order valence-electron chi connectivity index (χ1n) is 11.7. The number of carbonyl (C=O) groups excluding carboxylic acids is 1. The number of rotatable bonds is 6. The molecule has 0 atom stereocenters. The first-order valence-corrected chi connectivity index (χ1v) is 11.7. The summed E-state index contributed by atoms with van der Waals surface area (Å²) in [6, 6.07) is 20.7. The van der Waals surface area contributed by atoms with E-state index in [4.69, 9.17) is 4.74 Å². The molecule has 8 nitrogen and oxygen atoms in total. The summed E-state index contributed by atoms with van der Waals surface area (Å²) in [7, 11) is 1.61. The molecule has 2 aromatic heterocycles. The van der Waals surface area contributed by atoms with E-state index in [9.17, 15) is 9.59 Å². The lowest BCUT2D eigenvalue weighted by atomic mass is 10.1. The molecule has 0 unspecified atom stereocenters. The van der Waals surface area contributed by atoms with Crippen molar-refractivity contribution in [1.82, 2.24) is 19.4 Å². The summed E-state index contributed by atoms with van der Waals surface area (Å²) in [6.07, 6.45) is 2.31. The van der Waals surface area contributed by atoms with Gasteiger partial charge in [0.1, 0.15) is 17.3 Å². The zero-order valence-electron chi connectivity index (χ0n) is 19.6. The second-order valence-electron chi connectivity index (χ2n) is 8.44. The molecular weight excluding hydrogens is 442 g/mol. The Morgan fingerprint density at radius 3 is 2.40 bits per heavy atom. The Labute approximate surface area is 203 Å². The number of pyridine rings is 1. The van der Waals surface area contributed by atoms with Gasteiger partial charge in [-0.05, 0) is 48.5 Å². The van der Waals surface area contributed by atoms with Crippen LogP contribution in [0.25, 0.3) is 16.7 Å². The largest absolute Gasteiger partial charge is 0.497 e. The number of para-hydroxylation sites is 2. The second-order valence-corrected chi connectivity index (χ2v) is 8.44. The van der Waals surface area contributed by atoms with Crippen LogP contribution in [0.3, 0.4) is 0 Å². The Kier molecular flexibility index (Phi) is 6.43. The van der Waals surface area contributed by atoms with E-state index in [0.717, 1.165) is 30.1 Å². The van der Waals surface area contributed by atoms with Gasteiger partial charge in [-0.25, -0.2) is 9.97 Å². The number of amides is 1. The van der Waals surface area contributed by atoms with Crippen molar-refractivity contribution in [2.24, 2.45) is 0 Å². The first-order chi connectivity index (χ1) is 17.1. The average Bonchev–Trinajstić information content (AvgIpc) is 2.92. The number of nitrogens with zero attached hydrogens (tertiary/aromatic N) is 5. The predicted octanol–water partition coefficient (Wildman–Crippen LogP) is 3.07. The zero-order valence-corrected chi connectivity index (χ0v) is 19.6. The zero-order chi connectivity index (χ0) is 24.2. The van der Waals surface area contributed by atoms with E-state index in [0.29, 0.717) is 36.5 Å². The minimum absolute atomic E-state index is 0.0380. The molecule has 1 amide bonds. The quantitative estimate of drug-likeness (QED) is 0.432. The van der Waals surface area contributed by atoms with Crippen LogP contribution in [0.4, 0.5) is 5.82 Å². The van der Waals surface area contributed by atoms with Gasteiger partial charge in [0.25, 0.3) is 5.56 Å². The highest BCUT2D eigenvalue weighted by molar-refractivity contribution is 5.78. The van der Waals surface area contributed by atoms with Gasteiger partial charge in [-0.15, -0.1) is 0 Å². The van der Waals surface area contributed by atoms with Crippen LogP contribution in [0.1, 0.15) is 12.1 Å². The number of hydrogen-bond donors (Lipinski definition) is 0. The molecule has 1 aliphatic heterocycles. The number of methoxy groups -OCH3 is 1. The molecule has 1 fully saturated rings. The number of aromatic nitrogens is 3. The highest BCUT2D eigenvalue weighted by Gasteiger charge is 2.22. The van der Waals surface area contributed by atoms with E-state index in [1.807, 2.05) is 71.6 Å². The van der Waals surface area contributed by atoms with E-state index >= 15 is 0 Å². The lowest BCUT2D eigenvalue weighted by Crippen LogP contribution is -2.49. The van der Waals surface area contributed by atoms with Gasteiger partial charge in [0.05, 0.1) is 18.1 Å². The molecule has 3 heterocycles. The highest BCUT2D eigenvalue weighted by atomic mass is 16.5. The van der Waals surface area contributed by atoms with Crippen molar-refractivity contribution in [3.63, 3.8) is 0 Å². The molecule has 0 radical (unpaired) electrons. The van der Waals surface area contributed by atoms with Crippen molar-refractivity contribution >= 4 is 22.8 Å². The van der Waals surface area contributed by atoms with Crippen LogP contribution in [0.5, 0.6) is 5.75 Å². The van der Waals surface area contributed by atoms with Crippen molar-refractivity contribution in [3.8, 4) is 11.4 Å². The fourth-order valence-corrected chi connectivity index (χ4v) is 4.44. The van der Waals surface area contributed by atoms with Crippen LogP contribution in [-0.2, 0) is 11.2 Å². The topological polar surface area (TPSA) is 80.6 Å². The van der Waals surface area contributed by atoms with Gasteiger partial charge in [-0.1, -0.05) is 18.2 Å². The highest BCUT2D eigenvalue weighted by Crippen LogP contribution is 2.19. The van der Waals surface area contributed by atoms with Gasteiger partial charge in [-0.3, -0.25) is 14.2 Å². The maximum atomic E-state index is 13.5. The van der Waals surface area contributed by atoms with Gasteiger partial charge in [0.15, 0.2) is 0 Å². The predicted molar refractivity (Wildman–Crippen MR) is 135 cm³/mol. The van der Waals surface area contributed by atoms with E-state index < -0.39 is 0 Å². The second kappa shape index (κ2) is 9.97. The molecule has 2 aromatic carbocycles. The summed E-state index contributed by atoms with van der Waals surface area (Å²) in [5.74, 6) is 1.68. The smallest absolute Gasteiger partial charge is 0.277 e. The minimum atomic E-state index is -0.207. The van der Waals surface area contributed by atoms with Crippen molar-refractivity contribution in [2.45, 2.75) is 12.8 Å². The minimum Gasteiger partial charge on any atom is -0.497 e. The number of fused-ring (bicyclic) bond motifs is 1. The molecule has 0 saturated carbocycles. The van der Waals surface area contributed by atoms with Gasteiger partial charge in [-0.2, -0.15) is 0 Å². The molecule has 0 N–H and O–H groups in total. The van der Waals surface area contributed by atoms with E-state index in [-0.39, 0.29) is 17.9 Å². The average molecular weight is 470 g/mol. The number of hydrogen-bond acceptors (Lipinski definition) is 6. The van der Waals surface area contributed by atoms with Gasteiger partial charge < -0.3 is 14.5 Å². The Morgan fingerprint density at radius 2 is 1.69 bits per heavy atom. The maximum Gasteiger partial charge on any atom is 0.277 e. The molecule has 1 saturated heterocycles. The standard InChI is InChI=1S/C27H27N5O3/c1-35-21-11-9-20(10-12-21)32-24-7-3-2-6-22(24)29-23(27(32)34)13-14-26(33)31-18-16-30(17-19-31)25-8-4-5-15-28-25/h2-12,15H,13-14,16-19H2,1H3. The van der Waals surface area contributed by atoms with Crippen molar-refractivity contribution in [1.29, 1.82) is 0 Å². The van der Waals surface area contributed by atoms with Crippen LogP contribution < -0.4 is 15.2 Å². The van der Waals surface area contributed by atoms with E-state index in [2.05, 4.69) is 14.9 Å². The van der Waals surface area contributed by atoms with Crippen LogP contribution in [0.2, 0.25) is 0 Å². The summed E-state index contributed by atoms with van der Waals surface area (Å²) in [5.41, 5.74) is 2.35. The molecule has 178 valence electrons. The third-order valence-corrected chi connectivity index (χ3v) is 6.34. The lowest BCUT2D eigenvalue weighted by Gasteiger charge is -2.35. The number of benzene rings is 2. The molecule has 0 bridgehead atoms. The molecule has 35 heavy (non-hydrogen) atoms. The molecule has 0 aliphatic carbocycles. The van der Waals surface area contributed by atoms with Gasteiger partial charge >= 0.3 is 0 Å². The fraction of sp³-hybridized carbons (Fsp3) is 0.259. The first kappa shape index (κ1) is 22.6. The van der Waals surface area contributed by atoms with Gasteiger partial charge in [0, 0.05) is 50.9 Å². The van der Waals surface area contributed by atoms with Crippen molar-refractivity contribution in [3.05, 3.63) is 89.0 Å². The Hall–Kier alpha value is -4.20. The molecular formula is C27H27N5O3. The van der Waals surface area contributed by atoms with E-state index in [1.165, 1.54) is 0 Å². The van der Waals surface area contributed by atoms with Crippen LogP contribution in [-0.4, -0.2) is 58.6 Å². The Morgan fingerprint density at radius 1 is 0.943 bits per heavy atom. The number of aryl methyl sites for hydroxylation is 1. The SMILES string of the molecule is COc1ccc(-n2c(=O)c(CCC(=O)N3CCN(c4ccccn4)CC3)nc3ccccc32)cc1. The van der Waals surface area contributed by atoms with Crippen molar-refractivity contribution in [2.75, 3.05) is 38.2 Å². The molecule has 1 aliphatic rings. The maximum absolute atomic E-state index is 13.5. The summed E-state index contributed by atoms with van der Waals surface area (Å²) in [5, 5.41) is 0. The number of carbonyl (C=O) groups is 1. The summed E-state index contributed by atoms with van der Waals surface area (Å²) in [4.78, 5) is 39.5. The third-order valence-electron chi connectivity index (χ3n) is 6.34. The number of anilines is 1. The third kappa shape index (κ3) is 4.73. The molecule has 4 aromatic rings. The molecule has 5 rings (SSSR count). The molecule has 8 heteroatoms. The van der Waals surface area contributed by atoms with Gasteiger partial charge in [0.2, 0.25) is 5.91 Å². The summed E-state index contributed by atoms with van der Waals surface area (Å²) < 4.78 is 6.91.